The molecule has 0 aliphatic carbocycles. The summed E-state index contributed by atoms with van der Waals surface area (Å²) < 4.78 is 7.80. The van der Waals surface area contributed by atoms with Crippen molar-refractivity contribution in [2.24, 2.45) is 7.05 Å². The predicted molar refractivity (Wildman–Crippen MR) is 116 cm³/mol. The summed E-state index contributed by atoms with van der Waals surface area (Å²) in [5.41, 5.74) is 3.22. The first-order valence-corrected chi connectivity index (χ1v) is 10.4. The second-order valence-corrected chi connectivity index (χ2v) is 7.99. The van der Waals surface area contributed by atoms with Crippen LogP contribution in [0, 0.1) is 0 Å². The molecular formula is C24H24N4O3. The summed E-state index contributed by atoms with van der Waals surface area (Å²) in [6, 6.07) is 16.8. The minimum absolute atomic E-state index is 0.135. The molecule has 0 saturated carbocycles. The first-order valence-electron chi connectivity index (χ1n) is 10.4. The molecule has 3 heterocycles. The summed E-state index contributed by atoms with van der Waals surface area (Å²) >= 11 is 0. The number of carbonyl (C=O) groups excluding carboxylic acids is 2. The van der Waals surface area contributed by atoms with Crippen molar-refractivity contribution in [1.29, 1.82) is 0 Å². The van der Waals surface area contributed by atoms with E-state index in [1.165, 1.54) is 0 Å². The molecule has 31 heavy (non-hydrogen) atoms. The van der Waals surface area contributed by atoms with Gasteiger partial charge in [0, 0.05) is 33.5 Å². The molecule has 0 N–H and O–H groups in total. The van der Waals surface area contributed by atoms with E-state index < -0.39 is 6.04 Å². The van der Waals surface area contributed by atoms with Crippen LogP contribution in [0.3, 0.4) is 0 Å². The van der Waals surface area contributed by atoms with Crippen LogP contribution in [-0.4, -0.2) is 52.5 Å². The maximum atomic E-state index is 13.5. The third kappa shape index (κ3) is 3.26. The van der Waals surface area contributed by atoms with Gasteiger partial charge in [0.15, 0.2) is 0 Å². The quantitative estimate of drug-likeness (QED) is 0.658. The van der Waals surface area contributed by atoms with E-state index in [2.05, 4.69) is 12.1 Å². The van der Waals surface area contributed by atoms with Gasteiger partial charge in [0.25, 0.3) is 11.8 Å². The van der Waals surface area contributed by atoms with Crippen molar-refractivity contribution < 1.29 is 14.3 Å². The monoisotopic (exact) mass is 416 g/mol. The molecule has 7 heteroatoms. The molecule has 0 fully saturated rings. The van der Waals surface area contributed by atoms with E-state index in [-0.39, 0.29) is 18.4 Å². The number of benzene rings is 2. The Hall–Kier alpha value is -3.61. The van der Waals surface area contributed by atoms with E-state index in [1.54, 1.807) is 16.8 Å². The molecule has 158 valence electrons. The van der Waals surface area contributed by atoms with Gasteiger partial charge in [-0.25, -0.2) is 4.98 Å². The maximum Gasteiger partial charge on any atom is 0.273 e. The summed E-state index contributed by atoms with van der Waals surface area (Å²) in [7, 11) is 3.60. The van der Waals surface area contributed by atoms with Gasteiger partial charge < -0.3 is 19.1 Å². The van der Waals surface area contributed by atoms with E-state index >= 15 is 0 Å². The lowest BCUT2D eigenvalue weighted by atomic mass is 10.1. The number of para-hydroxylation sites is 2. The Morgan fingerprint density at radius 1 is 1.03 bits per heavy atom. The first kappa shape index (κ1) is 19.4. The molecule has 2 amide bonds. The molecule has 3 aromatic rings. The molecule has 0 spiro atoms. The summed E-state index contributed by atoms with van der Waals surface area (Å²) in [6.07, 6.45) is 1.27. The molecule has 0 unspecified atom stereocenters. The van der Waals surface area contributed by atoms with Crippen LogP contribution in [0.15, 0.2) is 54.6 Å². The second-order valence-electron chi connectivity index (χ2n) is 7.99. The zero-order valence-corrected chi connectivity index (χ0v) is 17.6. The van der Waals surface area contributed by atoms with E-state index in [4.69, 9.17) is 9.72 Å². The van der Waals surface area contributed by atoms with Gasteiger partial charge in [-0.15, -0.1) is 0 Å². The lowest BCUT2D eigenvalue weighted by Crippen LogP contribution is -2.54. The van der Waals surface area contributed by atoms with Crippen molar-refractivity contribution in [3.05, 3.63) is 77.4 Å². The molecule has 5 rings (SSSR count). The smallest absolute Gasteiger partial charge is 0.273 e. The minimum Gasteiger partial charge on any atom is -0.489 e. The van der Waals surface area contributed by atoms with Crippen LogP contribution in [0.4, 0.5) is 5.69 Å². The normalized spacial score (nSPS) is 18.3. The van der Waals surface area contributed by atoms with Crippen molar-refractivity contribution in [3.63, 3.8) is 0 Å². The van der Waals surface area contributed by atoms with Gasteiger partial charge in [0.2, 0.25) is 0 Å². The van der Waals surface area contributed by atoms with Gasteiger partial charge in [-0.2, -0.15) is 0 Å². The highest BCUT2D eigenvalue weighted by Crippen LogP contribution is 2.32. The number of aromatic nitrogens is 2. The summed E-state index contributed by atoms with van der Waals surface area (Å²) in [4.78, 5) is 34.7. The summed E-state index contributed by atoms with van der Waals surface area (Å²) in [5.74, 6) is 1.18. The van der Waals surface area contributed by atoms with Gasteiger partial charge in [-0.1, -0.05) is 42.5 Å². The van der Waals surface area contributed by atoms with Crippen molar-refractivity contribution in [2.75, 3.05) is 25.1 Å². The number of imidazole rings is 1. The Bertz CT molecular complexity index is 1150. The molecule has 0 radical (unpaired) electrons. The molecule has 0 saturated heterocycles. The van der Waals surface area contributed by atoms with Crippen LogP contribution < -0.4 is 9.64 Å². The lowest BCUT2D eigenvalue weighted by molar-refractivity contribution is -0.123. The largest absolute Gasteiger partial charge is 0.489 e. The molecular weight excluding hydrogens is 392 g/mol. The number of fused-ring (bicyclic) bond motifs is 2. The van der Waals surface area contributed by atoms with Gasteiger partial charge in [-0.05, 0) is 17.7 Å². The molecule has 7 nitrogen and oxygen atoms in total. The highest BCUT2D eigenvalue weighted by atomic mass is 16.5. The van der Waals surface area contributed by atoms with Gasteiger partial charge in [-0.3, -0.25) is 9.59 Å². The SMILES string of the molecule is CN1C(=O)[C@@H](N2CCc3nc(Cc4ccccc4)n(C)c3C2=O)COc2ccccc21. The average Bonchev–Trinajstić information content (AvgIpc) is 3.04. The fraction of sp³-hybridized carbons (Fsp3) is 0.292. The Morgan fingerprint density at radius 2 is 1.77 bits per heavy atom. The van der Waals surface area contributed by atoms with Crippen molar-refractivity contribution in [1.82, 2.24) is 14.5 Å². The van der Waals surface area contributed by atoms with Crippen LogP contribution in [0.25, 0.3) is 0 Å². The first-order chi connectivity index (χ1) is 15.0. The maximum absolute atomic E-state index is 13.5. The standard InChI is InChI=1S/C24H24N4O3/c1-26-18-10-6-7-11-20(18)31-15-19(23(26)29)28-13-12-17-22(24(28)30)27(2)21(25-17)14-16-8-4-3-5-9-16/h3-11,19H,12-15H2,1-2H3/t19-/m0/s1. The number of hydrogen-bond donors (Lipinski definition) is 0. The molecule has 1 aromatic heterocycles. The molecule has 2 aliphatic heterocycles. The molecule has 1 atom stereocenters. The number of carbonyl (C=O) groups is 2. The number of ether oxygens (including phenoxy) is 1. The highest BCUT2D eigenvalue weighted by Gasteiger charge is 2.40. The van der Waals surface area contributed by atoms with Gasteiger partial charge >= 0.3 is 0 Å². The topological polar surface area (TPSA) is 67.7 Å². The number of likely N-dealkylation sites (N-methyl/N-ethyl adjacent to an activating group) is 1. The molecule has 0 bridgehead atoms. The number of anilines is 1. The van der Waals surface area contributed by atoms with Gasteiger partial charge in [0.1, 0.15) is 29.9 Å². The van der Waals surface area contributed by atoms with E-state index in [9.17, 15) is 9.59 Å². The Balaban J connectivity index is 1.43. The lowest BCUT2D eigenvalue weighted by Gasteiger charge is -2.33. The van der Waals surface area contributed by atoms with Crippen LogP contribution >= 0.6 is 0 Å². The number of rotatable bonds is 3. The fourth-order valence-electron chi connectivity index (χ4n) is 4.41. The average molecular weight is 416 g/mol. The van der Waals surface area contributed by atoms with Crippen LogP contribution in [0.1, 0.15) is 27.6 Å². The van der Waals surface area contributed by atoms with Crippen LogP contribution in [0.2, 0.25) is 0 Å². The summed E-state index contributed by atoms with van der Waals surface area (Å²) in [6.45, 7) is 0.577. The zero-order chi connectivity index (χ0) is 21.5. The number of nitrogens with zero attached hydrogens (tertiary/aromatic N) is 4. The molecule has 2 aliphatic rings. The summed E-state index contributed by atoms with van der Waals surface area (Å²) in [5, 5.41) is 0. The van der Waals surface area contributed by atoms with E-state index in [0.29, 0.717) is 36.5 Å². The Labute approximate surface area is 180 Å². The highest BCUT2D eigenvalue weighted by molar-refractivity contribution is 6.03. The Kier molecular flexibility index (Phi) is 4.73. The number of amides is 2. The molecule has 2 aromatic carbocycles. The minimum atomic E-state index is -0.675. The van der Waals surface area contributed by atoms with Gasteiger partial charge in [0.05, 0.1) is 11.4 Å². The van der Waals surface area contributed by atoms with Crippen molar-refractivity contribution in [3.8, 4) is 5.75 Å². The van der Waals surface area contributed by atoms with Crippen molar-refractivity contribution in [2.45, 2.75) is 18.9 Å². The second kappa shape index (κ2) is 7.58. The van der Waals surface area contributed by atoms with Crippen molar-refractivity contribution >= 4 is 17.5 Å². The third-order valence-corrected chi connectivity index (χ3v) is 6.13. The van der Waals surface area contributed by atoms with E-state index in [0.717, 1.165) is 17.1 Å². The number of hydrogen-bond acceptors (Lipinski definition) is 4. The van der Waals surface area contributed by atoms with E-state index in [1.807, 2.05) is 54.1 Å². The van der Waals surface area contributed by atoms with Crippen LogP contribution in [0.5, 0.6) is 5.75 Å². The van der Waals surface area contributed by atoms with Crippen LogP contribution in [-0.2, 0) is 24.7 Å². The Morgan fingerprint density at radius 3 is 2.58 bits per heavy atom. The predicted octanol–water partition coefficient (Wildman–Crippen LogP) is 2.43. The fourth-order valence-corrected chi connectivity index (χ4v) is 4.41. The third-order valence-electron chi connectivity index (χ3n) is 6.13. The zero-order valence-electron chi connectivity index (χ0n) is 17.6.